The molecule has 1 aliphatic rings. The van der Waals surface area contributed by atoms with E-state index in [9.17, 15) is 4.79 Å². The molecule has 1 heterocycles. The van der Waals surface area contributed by atoms with Crippen LogP contribution in [0.15, 0.2) is 35.5 Å². The molecule has 1 aromatic carbocycles. The van der Waals surface area contributed by atoms with E-state index in [4.69, 9.17) is 4.84 Å². The monoisotopic (exact) mass is 175 g/mol. The zero-order valence-electron chi connectivity index (χ0n) is 7.01. The van der Waals surface area contributed by atoms with E-state index in [1.807, 2.05) is 30.3 Å². The first-order valence-electron chi connectivity index (χ1n) is 4.13. The van der Waals surface area contributed by atoms with Gasteiger partial charge in [-0.1, -0.05) is 35.5 Å². The van der Waals surface area contributed by atoms with E-state index in [0.29, 0.717) is 12.1 Å². The molecule has 0 spiro atoms. The van der Waals surface area contributed by atoms with Crippen LogP contribution in [0.1, 0.15) is 18.1 Å². The van der Waals surface area contributed by atoms with Crippen molar-refractivity contribution in [1.82, 2.24) is 0 Å². The second kappa shape index (κ2) is 3.39. The Morgan fingerprint density at radius 3 is 2.77 bits per heavy atom. The van der Waals surface area contributed by atoms with E-state index in [1.165, 1.54) is 0 Å². The number of hydrogen-bond acceptors (Lipinski definition) is 3. The van der Waals surface area contributed by atoms with Crippen molar-refractivity contribution >= 4 is 12.0 Å². The summed E-state index contributed by atoms with van der Waals surface area (Å²) in [6.07, 6.45) is 1.23. The molecular formula is C10H9NO2. The standard InChI is InChI=1S/C10H9NO2/c12-7-9-6-10(13-11-9)8-4-2-1-3-5-8/h1-5,7,10H,6H2/t10-/m1/s1. The predicted octanol–water partition coefficient (Wildman–Crippen LogP) is 1.70. The first-order chi connectivity index (χ1) is 6.40. The summed E-state index contributed by atoms with van der Waals surface area (Å²) in [7, 11) is 0. The molecule has 0 unspecified atom stereocenters. The minimum atomic E-state index is -0.0820. The van der Waals surface area contributed by atoms with Crippen molar-refractivity contribution in [2.75, 3.05) is 0 Å². The van der Waals surface area contributed by atoms with Gasteiger partial charge in [-0.2, -0.15) is 0 Å². The highest BCUT2D eigenvalue weighted by Gasteiger charge is 2.21. The van der Waals surface area contributed by atoms with Gasteiger partial charge in [0.1, 0.15) is 5.71 Å². The molecule has 1 atom stereocenters. The van der Waals surface area contributed by atoms with E-state index in [-0.39, 0.29) is 6.10 Å². The molecule has 0 amide bonds. The van der Waals surface area contributed by atoms with Crippen LogP contribution >= 0.6 is 0 Å². The average molecular weight is 175 g/mol. The van der Waals surface area contributed by atoms with Gasteiger partial charge in [0, 0.05) is 6.42 Å². The number of aldehydes is 1. The summed E-state index contributed by atoms with van der Waals surface area (Å²) in [4.78, 5) is 15.5. The Hall–Kier alpha value is -1.64. The molecule has 0 N–H and O–H groups in total. The number of hydrogen-bond donors (Lipinski definition) is 0. The average Bonchev–Trinajstić information content (AvgIpc) is 2.67. The molecule has 13 heavy (non-hydrogen) atoms. The van der Waals surface area contributed by atoms with Gasteiger partial charge < -0.3 is 4.84 Å². The fraction of sp³-hybridized carbons (Fsp3) is 0.200. The number of nitrogens with zero attached hydrogens (tertiary/aromatic N) is 1. The van der Waals surface area contributed by atoms with Crippen LogP contribution in [0, 0.1) is 0 Å². The quantitative estimate of drug-likeness (QED) is 0.642. The Morgan fingerprint density at radius 1 is 1.38 bits per heavy atom. The third-order valence-electron chi connectivity index (χ3n) is 2.00. The molecule has 0 radical (unpaired) electrons. The highest BCUT2D eigenvalue weighted by molar-refractivity contribution is 6.28. The second-order valence-corrected chi connectivity index (χ2v) is 2.91. The summed E-state index contributed by atoms with van der Waals surface area (Å²) in [6.45, 7) is 0. The van der Waals surface area contributed by atoms with E-state index >= 15 is 0 Å². The minimum Gasteiger partial charge on any atom is -0.387 e. The van der Waals surface area contributed by atoms with Gasteiger partial charge in [0.2, 0.25) is 0 Å². The Labute approximate surface area is 76.0 Å². The lowest BCUT2D eigenvalue weighted by Crippen LogP contribution is -2.00. The van der Waals surface area contributed by atoms with E-state index in [0.717, 1.165) is 11.8 Å². The zero-order valence-corrected chi connectivity index (χ0v) is 7.01. The first kappa shape index (κ1) is 7.98. The summed E-state index contributed by atoms with van der Waals surface area (Å²) in [6, 6.07) is 9.76. The molecule has 0 saturated carbocycles. The van der Waals surface area contributed by atoms with Crippen molar-refractivity contribution in [2.45, 2.75) is 12.5 Å². The van der Waals surface area contributed by atoms with Gasteiger partial charge in [0.15, 0.2) is 12.4 Å². The molecule has 1 aliphatic heterocycles. The van der Waals surface area contributed by atoms with Crippen molar-refractivity contribution in [2.24, 2.45) is 5.16 Å². The number of rotatable bonds is 2. The van der Waals surface area contributed by atoms with Crippen LogP contribution < -0.4 is 0 Å². The van der Waals surface area contributed by atoms with Crippen LogP contribution in [0.2, 0.25) is 0 Å². The number of oxime groups is 1. The summed E-state index contributed by atoms with van der Waals surface area (Å²) < 4.78 is 0. The minimum absolute atomic E-state index is 0.0820. The van der Waals surface area contributed by atoms with Crippen LogP contribution in [-0.2, 0) is 9.63 Å². The maximum absolute atomic E-state index is 10.4. The fourth-order valence-electron chi connectivity index (χ4n) is 1.31. The van der Waals surface area contributed by atoms with Crippen LogP contribution in [-0.4, -0.2) is 12.0 Å². The molecule has 2 rings (SSSR count). The fourth-order valence-corrected chi connectivity index (χ4v) is 1.31. The summed E-state index contributed by atoms with van der Waals surface area (Å²) in [5, 5.41) is 3.66. The SMILES string of the molecule is O=CC1=NO[C@@H](c2ccccc2)C1. The van der Waals surface area contributed by atoms with Crippen LogP contribution in [0.4, 0.5) is 0 Å². The zero-order chi connectivity index (χ0) is 9.10. The molecular weight excluding hydrogens is 166 g/mol. The van der Waals surface area contributed by atoms with E-state index < -0.39 is 0 Å². The topological polar surface area (TPSA) is 38.7 Å². The largest absolute Gasteiger partial charge is 0.387 e. The van der Waals surface area contributed by atoms with Gasteiger partial charge >= 0.3 is 0 Å². The maximum atomic E-state index is 10.4. The van der Waals surface area contributed by atoms with Crippen LogP contribution in [0.5, 0.6) is 0 Å². The van der Waals surface area contributed by atoms with Gasteiger partial charge in [-0.15, -0.1) is 0 Å². The molecule has 0 saturated heterocycles. The summed E-state index contributed by atoms with van der Waals surface area (Å²) in [5.41, 5.74) is 1.54. The highest BCUT2D eigenvalue weighted by atomic mass is 16.6. The number of carbonyl (C=O) groups excluding carboxylic acids is 1. The maximum Gasteiger partial charge on any atom is 0.167 e. The van der Waals surface area contributed by atoms with Gasteiger partial charge in [0.25, 0.3) is 0 Å². The summed E-state index contributed by atoms with van der Waals surface area (Å²) in [5.74, 6) is 0. The Kier molecular flexibility index (Phi) is 2.08. The lowest BCUT2D eigenvalue weighted by molar-refractivity contribution is -0.102. The van der Waals surface area contributed by atoms with Crippen molar-refractivity contribution < 1.29 is 9.63 Å². The van der Waals surface area contributed by atoms with Gasteiger partial charge in [-0.3, -0.25) is 4.79 Å². The lowest BCUT2D eigenvalue weighted by atomic mass is 10.1. The number of carbonyl (C=O) groups is 1. The van der Waals surface area contributed by atoms with Crippen LogP contribution in [0.3, 0.4) is 0 Å². The first-order valence-corrected chi connectivity index (χ1v) is 4.13. The van der Waals surface area contributed by atoms with Crippen molar-refractivity contribution in [3.05, 3.63) is 35.9 Å². The lowest BCUT2D eigenvalue weighted by Gasteiger charge is -2.06. The molecule has 1 aromatic rings. The second-order valence-electron chi connectivity index (χ2n) is 2.91. The Morgan fingerprint density at radius 2 is 2.15 bits per heavy atom. The third kappa shape index (κ3) is 1.59. The molecule has 0 bridgehead atoms. The Balaban J connectivity index is 2.11. The molecule has 0 aromatic heterocycles. The smallest absolute Gasteiger partial charge is 0.167 e. The number of benzene rings is 1. The molecule has 0 aliphatic carbocycles. The van der Waals surface area contributed by atoms with E-state index in [1.54, 1.807) is 0 Å². The summed E-state index contributed by atoms with van der Waals surface area (Å²) >= 11 is 0. The van der Waals surface area contributed by atoms with Gasteiger partial charge in [0.05, 0.1) is 0 Å². The van der Waals surface area contributed by atoms with Crippen molar-refractivity contribution in [1.29, 1.82) is 0 Å². The van der Waals surface area contributed by atoms with Gasteiger partial charge in [-0.25, -0.2) is 0 Å². The van der Waals surface area contributed by atoms with Crippen molar-refractivity contribution in [3.8, 4) is 0 Å². The van der Waals surface area contributed by atoms with E-state index in [2.05, 4.69) is 5.16 Å². The normalized spacial score (nSPS) is 20.6. The molecule has 3 heteroatoms. The van der Waals surface area contributed by atoms with Gasteiger partial charge in [-0.05, 0) is 5.56 Å². The molecule has 66 valence electrons. The predicted molar refractivity (Wildman–Crippen MR) is 48.4 cm³/mol. The van der Waals surface area contributed by atoms with Crippen molar-refractivity contribution in [3.63, 3.8) is 0 Å². The third-order valence-corrected chi connectivity index (χ3v) is 2.00. The van der Waals surface area contributed by atoms with Crippen LogP contribution in [0.25, 0.3) is 0 Å². The highest BCUT2D eigenvalue weighted by Crippen LogP contribution is 2.25. The Bertz CT molecular complexity index is 332. The molecule has 3 nitrogen and oxygen atoms in total. The molecule has 0 fully saturated rings.